The summed E-state index contributed by atoms with van der Waals surface area (Å²) in [6.07, 6.45) is 0.815. The smallest absolute Gasteiger partial charge is 0.230 e. The number of hydrogen-bond donors (Lipinski definition) is 1. The number of carbonyl (C=O) groups excluding carboxylic acids is 1. The zero-order valence-corrected chi connectivity index (χ0v) is 22.2. The first-order chi connectivity index (χ1) is 17.0. The number of rotatable bonds is 8. The number of amides is 1. The zero-order valence-electron chi connectivity index (χ0n) is 19.7. The van der Waals surface area contributed by atoms with Crippen LogP contribution in [0.4, 0.5) is 0 Å². The number of nitrogens with one attached hydrogen (secondary N) is 1. The predicted molar refractivity (Wildman–Crippen MR) is 145 cm³/mol. The molecule has 0 saturated heterocycles. The van der Waals surface area contributed by atoms with Crippen molar-refractivity contribution in [2.24, 2.45) is 0 Å². The molecule has 0 fully saturated rings. The van der Waals surface area contributed by atoms with Crippen LogP contribution in [0, 0.1) is 0 Å². The lowest BCUT2D eigenvalue weighted by molar-refractivity contribution is -0.118. The third-order valence-electron chi connectivity index (χ3n) is 5.76. The maximum Gasteiger partial charge on any atom is 0.230 e. The molecular formula is C27H27N3O2S3. The Labute approximate surface area is 218 Å². The molecule has 5 nitrogen and oxygen atoms in total. The summed E-state index contributed by atoms with van der Waals surface area (Å²) in [6.45, 7) is 5.36. The average molecular weight is 522 g/mol. The molecule has 0 aliphatic carbocycles. The van der Waals surface area contributed by atoms with Crippen LogP contribution < -0.4 is 5.32 Å². The van der Waals surface area contributed by atoms with E-state index in [0.717, 1.165) is 38.1 Å². The summed E-state index contributed by atoms with van der Waals surface area (Å²) < 4.78 is 6.06. The van der Waals surface area contributed by atoms with E-state index >= 15 is 0 Å². The van der Waals surface area contributed by atoms with Gasteiger partial charge in [0.05, 0.1) is 18.0 Å². The quantitative estimate of drug-likeness (QED) is 0.168. The minimum absolute atomic E-state index is 0.00290. The van der Waals surface area contributed by atoms with Gasteiger partial charge in [-0.1, -0.05) is 84.2 Å². The molecule has 3 heterocycles. The van der Waals surface area contributed by atoms with Crippen molar-refractivity contribution in [3.8, 4) is 0 Å². The minimum atomic E-state index is -0.225. The number of hydrogen-bond acceptors (Lipinski definition) is 7. The predicted octanol–water partition coefficient (Wildman–Crippen LogP) is 6.24. The van der Waals surface area contributed by atoms with Gasteiger partial charge in [0.2, 0.25) is 5.91 Å². The zero-order chi connectivity index (χ0) is 24.3. The second kappa shape index (κ2) is 10.7. The molecule has 35 heavy (non-hydrogen) atoms. The summed E-state index contributed by atoms with van der Waals surface area (Å²) in [5.41, 5.74) is 3.37. The Bertz CT molecular complexity index is 1320. The van der Waals surface area contributed by atoms with Crippen LogP contribution in [0.5, 0.6) is 0 Å². The number of nitrogens with zero attached hydrogens (tertiary/aromatic N) is 2. The van der Waals surface area contributed by atoms with Gasteiger partial charge < -0.3 is 10.1 Å². The molecule has 0 atom stereocenters. The summed E-state index contributed by atoms with van der Waals surface area (Å²) in [5, 5.41) is 5.74. The van der Waals surface area contributed by atoms with Crippen molar-refractivity contribution in [1.82, 2.24) is 15.3 Å². The Morgan fingerprint density at radius 3 is 2.49 bits per heavy atom. The van der Waals surface area contributed by atoms with E-state index in [1.54, 1.807) is 23.1 Å². The molecule has 0 unspecified atom stereocenters. The Balaban J connectivity index is 1.38. The average Bonchev–Trinajstić information content (AvgIpc) is 3.22. The topological polar surface area (TPSA) is 64.1 Å². The number of aromatic nitrogens is 2. The van der Waals surface area contributed by atoms with Crippen molar-refractivity contribution in [3.05, 3.63) is 82.2 Å². The Morgan fingerprint density at radius 2 is 1.74 bits per heavy atom. The highest BCUT2D eigenvalue weighted by atomic mass is 32.2. The van der Waals surface area contributed by atoms with Gasteiger partial charge in [-0.2, -0.15) is 0 Å². The number of fused-ring (bicyclic) bond motifs is 3. The monoisotopic (exact) mass is 521 g/mol. The first kappa shape index (κ1) is 24.3. The van der Waals surface area contributed by atoms with Gasteiger partial charge >= 0.3 is 0 Å². The molecule has 1 amide bonds. The van der Waals surface area contributed by atoms with Crippen LogP contribution in [0.1, 0.15) is 35.4 Å². The second-order valence-corrected chi connectivity index (χ2v) is 12.0. The van der Waals surface area contributed by atoms with Gasteiger partial charge in [0.15, 0.2) is 5.16 Å². The van der Waals surface area contributed by atoms with Crippen molar-refractivity contribution in [3.63, 3.8) is 0 Å². The Morgan fingerprint density at radius 1 is 1.03 bits per heavy atom. The van der Waals surface area contributed by atoms with Crippen molar-refractivity contribution in [2.45, 2.75) is 55.0 Å². The van der Waals surface area contributed by atoms with E-state index in [4.69, 9.17) is 14.7 Å². The van der Waals surface area contributed by atoms with Crippen LogP contribution in [0.3, 0.4) is 0 Å². The first-order valence-corrected chi connectivity index (χ1v) is 14.3. The van der Waals surface area contributed by atoms with Gasteiger partial charge in [-0.25, -0.2) is 9.97 Å². The molecule has 2 aromatic carbocycles. The number of thioether (sulfide) groups is 2. The van der Waals surface area contributed by atoms with Crippen LogP contribution in [0.15, 0.2) is 70.8 Å². The van der Waals surface area contributed by atoms with Gasteiger partial charge in [-0.15, -0.1) is 11.3 Å². The summed E-state index contributed by atoms with van der Waals surface area (Å²) >= 11 is 4.81. The summed E-state index contributed by atoms with van der Waals surface area (Å²) in [5.74, 6) is 1.11. The number of thiophene rings is 1. The molecule has 1 aliphatic rings. The van der Waals surface area contributed by atoms with Crippen molar-refractivity contribution in [1.29, 1.82) is 0 Å². The highest BCUT2D eigenvalue weighted by Gasteiger charge is 2.31. The van der Waals surface area contributed by atoms with Crippen LogP contribution in [-0.2, 0) is 34.9 Å². The molecule has 180 valence electrons. The van der Waals surface area contributed by atoms with E-state index in [1.165, 1.54) is 27.8 Å². The SMILES string of the molecule is CC1(C)Cc2c(sc3nc(SCc4ccccc4)nc(SCC(=O)NCc4ccccc4)c23)CO1. The molecule has 5 rings (SSSR count). The Hall–Kier alpha value is -2.39. The molecule has 4 aromatic rings. The van der Waals surface area contributed by atoms with E-state index in [1.807, 2.05) is 48.5 Å². The summed E-state index contributed by atoms with van der Waals surface area (Å²) in [4.78, 5) is 24.7. The van der Waals surface area contributed by atoms with E-state index in [2.05, 4.69) is 31.3 Å². The number of ether oxygens (including phenoxy) is 1. The molecule has 1 N–H and O–H groups in total. The number of benzene rings is 2. The molecule has 0 spiro atoms. The first-order valence-electron chi connectivity index (χ1n) is 11.5. The fourth-order valence-electron chi connectivity index (χ4n) is 3.97. The largest absolute Gasteiger partial charge is 0.370 e. The third-order valence-corrected chi connectivity index (χ3v) is 8.75. The molecule has 2 aromatic heterocycles. The highest BCUT2D eigenvalue weighted by molar-refractivity contribution is 8.00. The van der Waals surface area contributed by atoms with Gasteiger partial charge in [0, 0.05) is 29.0 Å². The normalized spacial score (nSPS) is 14.6. The molecular weight excluding hydrogens is 495 g/mol. The van der Waals surface area contributed by atoms with Crippen LogP contribution >= 0.6 is 34.9 Å². The van der Waals surface area contributed by atoms with Crippen LogP contribution in [0.25, 0.3) is 10.2 Å². The van der Waals surface area contributed by atoms with Crippen LogP contribution in [0.2, 0.25) is 0 Å². The molecule has 0 bridgehead atoms. The van der Waals surface area contributed by atoms with Crippen LogP contribution in [-0.4, -0.2) is 27.2 Å². The van der Waals surface area contributed by atoms with Crippen molar-refractivity contribution in [2.75, 3.05) is 5.75 Å². The fraction of sp³-hybridized carbons (Fsp3) is 0.296. The van der Waals surface area contributed by atoms with E-state index in [9.17, 15) is 4.79 Å². The van der Waals surface area contributed by atoms with Crippen molar-refractivity contribution >= 4 is 51.0 Å². The van der Waals surface area contributed by atoms with Gasteiger partial charge in [-0.3, -0.25) is 4.79 Å². The minimum Gasteiger partial charge on any atom is -0.370 e. The van der Waals surface area contributed by atoms with Gasteiger partial charge in [-0.05, 0) is 30.5 Å². The molecule has 0 saturated carbocycles. The second-order valence-electron chi connectivity index (χ2n) is 9.05. The number of carbonyl (C=O) groups is 1. The standard InChI is InChI=1S/C27H27N3O2S3/c1-27(2)13-20-21(15-32-27)35-25-23(20)24(29-26(30-25)34-16-19-11-7-4-8-12-19)33-17-22(31)28-14-18-9-5-3-6-10-18/h3-12H,13-17H2,1-2H3,(H,28,31). The maximum atomic E-state index is 12.7. The van der Waals surface area contributed by atoms with E-state index in [-0.39, 0.29) is 11.5 Å². The molecule has 0 radical (unpaired) electrons. The lowest BCUT2D eigenvalue weighted by Crippen LogP contribution is -2.31. The van der Waals surface area contributed by atoms with Gasteiger partial charge in [0.1, 0.15) is 9.86 Å². The molecule has 8 heteroatoms. The lowest BCUT2D eigenvalue weighted by Gasteiger charge is -2.30. The molecule has 1 aliphatic heterocycles. The van der Waals surface area contributed by atoms with E-state index in [0.29, 0.717) is 18.9 Å². The Kier molecular flexibility index (Phi) is 7.43. The van der Waals surface area contributed by atoms with Crippen molar-refractivity contribution < 1.29 is 9.53 Å². The third kappa shape index (κ3) is 6.06. The summed E-state index contributed by atoms with van der Waals surface area (Å²) in [7, 11) is 0. The lowest BCUT2D eigenvalue weighted by atomic mass is 9.95. The van der Waals surface area contributed by atoms with E-state index < -0.39 is 0 Å². The summed E-state index contributed by atoms with van der Waals surface area (Å²) in [6, 6.07) is 20.3. The fourth-order valence-corrected chi connectivity index (χ4v) is 6.93. The van der Waals surface area contributed by atoms with Gasteiger partial charge in [0.25, 0.3) is 0 Å². The highest BCUT2D eigenvalue weighted by Crippen LogP contribution is 2.42. The maximum absolute atomic E-state index is 12.7.